The zero-order valence-electron chi connectivity index (χ0n) is 11.8. The van der Waals surface area contributed by atoms with Crippen LogP contribution in [0.3, 0.4) is 0 Å². The van der Waals surface area contributed by atoms with Crippen molar-refractivity contribution >= 4 is 34.2 Å². The molecule has 6 heteroatoms. The highest BCUT2D eigenvalue weighted by Gasteiger charge is 2.08. The van der Waals surface area contributed by atoms with E-state index in [1.807, 2.05) is 24.3 Å². The molecule has 0 radical (unpaired) electrons. The van der Waals surface area contributed by atoms with Crippen molar-refractivity contribution in [3.8, 4) is 5.75 Å². The van der Waals surface area contributed by atoms with E-state index in [2.05, 4.69) is 5.32 Å². The molecule has 2 N–H and O–H groups in total. The van der Waals surface area contributed by atoms with Gasteiger partial charge in [0.15, 0.2) is 6.61 Å². The van der Waals surface area contributed by atoms with Crippen LogP contribution in [0.2, 0.25) is 5.02 Å². The summed E-state index contributed by atoms with van der Waals surface area (Å²) in [6.07, 6.45) is 0.425. The zero-order valence-corrected chi connectivity index (χ0v) is 12.6. The van der Waals surface area contributed by atoms with Crippen molar-refractivity contribution < 1.29 is 19.4 Å². The molecule has 0 saturated heterocycles. The molecule has 0 spiro atoms. The second kappa shape index (κ2) is 7.66. The molecule has 22 heavy (non-hydrogen) atoms. The first kappa shape index (κ1) is 16.1. The number of rotatable bonds is 7. The van der Waals surface area contributed by atoms with Crippen molar-refractivity contribution in [1.82, 2.24) is 5.32 Å². The topological polar surface area (TPSA) is 75.6 Å². The van der Waals surface area contributed by atoms with E-state index in [0.29, 0.717) is 23.7 Å². The van der Waals surface area contributed by atoms with E-state index in [1.165, 1.54) is 0 Å². The van der Waals surface area contributed by atoms with Gasteiger partial charge in [-0.1, -0.05) is 35.9 Å². The van der Waals surface area contributed by atoms with Crippen molar-refractivity contribution in [3.63, 3.8) is 0 Å². The third-order valence-electron chi connectivity index (χ3n) is 3.08. The second-order valence-electron chi connectivity index (χ2n) is 4.73. The number of halogens is 1. The van der Waals surface area contributed by atoms with Crippen LogP contribution in [0.15, 0.2) is 36.4 Å². The van der Waals surface area contributed by atoms with E-state index in [-0.39, 0.29) is 18.9 Å². The molecule has 0 aromatic heterocycles. The fourth-order valence-electron chi connectivity index (χ4n) is 2.02. The Morgan fingerprint density at radius 2 is 1.86 bits per heavy atom. The fraction of sp³-hybridized carbons (Fsp3) is 0.250. The normalized spacial score (nSPS) is 10.4. The van der Waals surface area contributed by atoms with E-state index < -0.39 is 5.97 Å². The first-order valence-electron chi connectivity index (χ1n) is 6.86. The quantitative estimate of drug-likeness (QED) is 0.769. The number of benzene rings is 2. The van der Waals surface area contributed by atoms with E-state index in [1.54, 1.807) is 12.1 Å². The van der Waals surface area contributed by atoms with Gasteiger partial charge in [0.05, 0.1) is 0 Å². The molecule has 0 atom stereocenters. The van der Waals surface area contributed by atoms with Gasteiger partial charge in [-0.05, 0) is 18.6 Å². The predicted molar refractivity (Wildman–Crippen MR) is 84.3 cm³/mol. The molecule has 0 unspecified atom stereocenters. The van der Waals surface area contributed by atoms with Crippen LogP contribution in [0, 0.1) is 0 Å². The number of carboxylic acid groups (broad SMARTS) is 1. The number of carbonyl (C=O) groups is 2. The van der Waals surface area contributed by atoms with Crippen LogP contribution in [0.4, 0.5) is 0 Å². The van der Waals surface area contributed by atoms with E-state index >= 15 is 0 Å². The van der Waals surface area contributed by atoms with Crippen LogP contribution in [-0.4, -0.2) is 30.1 Å². The van der Waals surface area contributed by atoms with Crippen LogP contribution in [0.5, 0.6) is 5.75 Å². The van der Waals surface area contributed by atoms with Gasteiger partial charge in [0.1, 0.15) is 5.75 Å². The number of amides is 1. The minimum absolute atomic E-state index is 0.0307. The number of nitrogens with one attached hydrogen (secondary N) is 1. The molecular weight excluding hydrogens is 306 g/mol. The van der Waals surface area contributed by atoms with E-state index in [0.717, 1.165) is 10.8 Å². The molecule has 0 aliphatic carbocycles. The van der Waals surface area contributed by atoms with E-state index in [4.69, 9.17) is 21.4 Å². The van der Waals surface area contributed by atoms with Crippen molar-refractivity contribution in [2.45, 2.75) is 12.8 Å². The van der Waals surface area contributed by atoms with Gasteiger partial charge in [-0.2, -0.15) is 0 Å². The average Bonchev–Trinajstić information content (AvgIpc) is 2.51. The smallest absolute Gasteiger partial charge is 0.303 e. The van der Waals surface area contributed by atoms with Gasteiger partial charge in [0.25, 0.3) is 5.91 Å². The van der Waals surface area contributed by atoms with Crippen LogP contribution in [0.25, 0.3) is 10.8 Å². The first-order valence-corrected chi connectivity index (χ1v) is 7.24. The van der Waals surface area contributed by atoms with Crippen LogP contribution < -0.4 is 10.1 Å². The van der Waals surface area contributed by atoms with Crippen LogP contribution in [-0.2, 0) is 9.59 Å². The largest absolute Gasteiger partial charge is 0.483 e. The third-order valence-corrected chi connectivity index (χ3v) is 3.41. The van der Waals surface area contributed by atoms with Gasteiger partial charge >= 0.3 is 5.97 Å². The standard InChI is InChI=1S/C16H16ClNO4/c17-13-7-8-14(12-5-2-1-4-11(12)13)22-10-15(19)18-9-3-6-16(20)21/h1-2,4-5,7-8H,3,6,9-10H2,(H,18,19)(H,20,21). The lowest BCUT2D eigenvalue weighted by Gasteiger charge is -2.10. The number of carbonyl (C=O) groups excluding carboxylic acids is 1. The van der Waals surface area contributed by atoms with Gasteiger partial charge in [0, 0.05) is 28.8 Å². The number of ether oxygens (including phenoxy) is 1. The molecule has 0 aliphatic rings. The SMILES string of the molecule is O=C(O)CCCNC(=O)COc1ccc(Cl)c2ccccc12. The monoisotopic (exact) mass is 321 g/mol. The Bertz CT molecular complexity index is 687. The average molecular weight is 322 g/mol. The molecule has 1 amide bonds. The molecule has 0 aliphatic heterocycles. The maximum absolute atomic E-state index is 11.7. The van der Waals surface area contributed by atoms with Crippen LogP contribution in [0.1, 0.15) is 12.8 Å². The number of hydrogen-bond donors (Lipinski definition) is 2. The Hall–Kier alpha value is -2.27. The van der Waals surface area contributed by atoms with Crippen LogP contribution >= 0.6 is 11.6 Å². The summed E-state index contributed by atoms with van der Waals surface area (Å²) in [5, 5.41) is 13.5. The minimum Gasteiger partial charge on any atom is -0.483 e. The second-order valence-corrected chi connectivity index (χ2v) is 5.13. The number of aliphatic carboxylic acids is 1. The summed E-state index contributed by atoms with van der Waals surface area (Å²) in [5.41, 5.74) is 0. The van der Waals surface area contributed by atoms with Crippen molar-refractivity contribution in [1.29, 1.82) is 0 Å². The highest BCUT2D eigenvalue weighted by molar-refractivity contribution is 6.35. The molecule has 0 saturated carbocycles. The summed E-state index contributed by atoms with van der Waals surface area (Å²) in [4.78, 5) is 22.0. The minimum atomic E-state index is -0.877. The summed E-state index contributed by atoms with van der Waals surface area (Å²) in [5.74, 6) is -0.580. The number of carboxylic acids is 1. The molecule has 2 aromatic rings. The van der Waals surface area contributed by atoms with Gasteiger partial charge in [-0.3, -0.25) is 9.59 Å². The summed E-state index contributed by atoms with van der Waals surface area (Å²) in [6.45, 7) is 0.189. The third kappa shape index (κ3) is 4.36. The summed E-state index contributed by atoms with van der Waals surface area (Å²) in [7, 11) is 0. The van der Waals surface area contributed by atoms with Crippen molar-refractivity contribution in [2.24, 2.45) is 0 Å². The van der Waals surface area contributed by atoms with Gasteiger partial charge < -0.3 is 15.2 Å². The highest BCUT2D eigenvalue weighted by atomic mass is 35.5. The molecule has 116 valence electrons. The lowest BCUT2D eigenvalue weighted by atomic mass is 10.1. The first-order chi connectivity index (χ1) is 10.6. The number of hydrogen-bond acceptors (Lipinski definition) is 3. The molecule has 0 fully saturated rings. The molecule has 0 bridgehead atoms. The summed E-state index contributed by atoms with van der Waals surface area (Å²) >= 11 is 6.12. The maximum Gasteiger partial charge on any atom is 0.303 e. The summed E-state index contributed by atoms with van der Waals surface area (Å²) in [6, 6.07) is 11.0. The Morgan fingerprint density at radius 3 is 2.59 bits per heavy atom. The van der Waals surface area contributed by atoms with Crippen molar-refractivity contribution in [3.05, 3.63) is 41.4 Å². The van der Waals surface area contributed by atoms with Gasteiger partial charge in [-0.25, -0.2) is 0 Å². The highest BCUT2D eigenvalue weighted by Crippen LogP contribution is 2.31. The van der Waals surface area contributed by atoms with E-state index in [9.17, 15) is 9.59 Å². The van der Waals surface area contributed by atoms with Gasteiger partial charge in [0.2, 0.25) is 0 Å². The fourth-order valence-corrected chi connectivity index (χ4v) is 2.25. The zero-order chi connectivity index (χ0) is 15.9. The Morgan fingerprint density at radius 1 is 1.14 bits per heavy atom. The molecular formula is C16H16ClNO4. The van der Waals surface area contributed by atoms with Gasteiger partial charge in [-0.15, -0.1) is 0 Å². The number of fused-ring (bicyclic) bond motifs is 1. The Labute approximate surface area is 132 Å². The molecule has 5 nitrogen and oxygen atoms in total. The Balaban J connectivity index is 1.91. The maximum atomic E-state index is 11.7. The lowest BCUT2D eigenvalue weighted by Crippen LogP contribution is -2.30. The Kier molecular flexibility index (Phi) is 5.61. The molecule has 0 heterocycles. The summed E-state index contributed by atoms with van der Waals surface area (Å²) < 4.78 is 5.53. The molecule has 2 aromatic carbocycles. The predicted octanol–water partition coefficient (Wildman–Crippen LogP) is 2.85. The lowest BCUT2D eigenvalue weighted by molar-refractivity contribution is -0.137. The molecule has 2 rings (SSSR count). The van der Waals surface area contributed by atoms with Crippen molar-refractivity contribution in [2.75, 3.05) is 13.2 Å².